The van der Waals surface area contributed by atoms with Crippen molar-refractivity contribution in [3.05, 3.63) is 90.0 Å². The summed E-state index contributed by atoms with van der Waals surface area (Å²) in [5, 5.41) is 3.61. The van der Waals surface area contributed by atoms with Crippen LogP contribution in [0.15, 0.2) is 73.1 Å². The van der Waals surface area contributed by atoms with Crippen LogP contribution in [0.5, 0.6) is 0 Å². The molecule has 106 valence electrons. The zero-order valence-electron chi connectivity index (χ0n) is 12.1. The fourth-order valence-corrected chi connectivity index (χ4v) is 2.48. The van der Waals surface area contributed by atoms with Crippen molar-refractivity contribution in [3.63, 3.8) is 0 Å². The summed E-state index contributed by atoms with van der Waals surface area (Å²) in [5.41, 5.74) is 2.52. The van der Waals surface area contributed by atoms with Crippen molar-refractivity contribution in [2.45, 2.75) is 12.6 Å². The van der Waals surface area contributed by atoms with E-state index in [2.05, 4.69) is 58.8 Å². The number of aromatic nitrogens is 2. The lowest BCUT2D eigenvalue weighted by atomic mass is 9.99. The largest absolute Gasteiger partial charge is 0.337 e. The third kappa shape index (κ3) is 3.20. The van der Waals surface area contributed by atoms with Gasteiger partial charge in [-0.2, -0.15) is 0 Å². The Morgan fingerprint density at radius 1 is 0.952 bits per heavy atom. The van der Waals surface area contributed by atoms with E-state index in [1.54, 1.807) is 0 Å². The average Bonchev–Trinajstić information content (AvgIpc) is 2.95. The molecule has 0 saturated heterocycles. The number of aryl methyl sites for hydroxylation is 1. The molecule has 0 unspecified atom stereocenters. The summed E-state index contributed by atoms with van der Waals surface area (Å²) in [4.78, 5) is 4.38. The van der Waals surface area contributed by atoms with E-state index in [1.165, 1.54) is 11.1 Å². The van der Waals surface area contributed by atoms with Gasteiger partial charge in [0, 0.05) is 19.4 Å². The normalized spacial score (nSPS) is 11.0. The van der Waals surface area contributed by atoms with Gasteiger partial charge < -0.3 is 4.57 Å². The van der Waals surface area contributed by atoms with Gasteiger partial charge in [0.1, 0.15) is 5.82 Å². The van der Waals surface area contributed by atoms with Crippen LogP contribution in [0.2, 0.25) is 0 Å². The van der Waals surface area contributed by atoms with Crippen LogP contribution < -0.4 is 5.32 Å². The first-order valence-electron chi connectivity index (χ1n) is 7.14. The number of rotatable bonds is 5. The third-order valence-corrected chi connectivity index (χ3v) is 3.65. The fraction of sp³-hybridized carbons (Fsp3) is 0.167. The standard InChI is InChI=1S/C18H19N3/c1-21-13-12-19-17(21)14-20-18(15-8-4-2-5-9-15)16-10-6-3-7-11-16/h2-13,18,20H,14H2,1H3. The molecule has 21 heavy (non-hydrogen) atoms. The van der Waals surface area contributed by atoms with Crippen molar-refractivity contribution in [2.75, 3.05) is 0 Å². The quantitative estimate of drug-likeness (QED) is 0.775. The number of imidazole rings is 1. The number of hydrogen-bond donors (Lipinski definition) is 1. The van der Waals surface area contributed by atoms with E-state index in [9.17, 15) is 0 Å². The van der Waals surface area contributed by atoms with Crippen molar-refractivity contribution in [3.8, 4) is 0 Å². The van der Waals surface area contributed by atoms with Gasteiger partial charge in [-0.25, -0.2) is 4.98 Å². The molecule has 0 radical (unpaired) electrons. The maximum atomic E-state index is 4.38. The third-order valence-electron chi connectivity index (χ3n) is 3.65. The number of benzene rings is 2. The molecule has 3 heteroatoms. The van der Waals surface area contributed by atoms with Crippen LogP contribution in [0.3, 0.4) is 0 Å². The van der Waals surface area contributed by atoms with Crippen molar-refractivity contribution < 1.29 is 0 Å². The molecule has 0 saturated carbocycles. The van der Waals surface area contributed by atoms with Crippen LogP contribution >= 0.6 is 0 Å². The van der Waals surface area contributed by atoms with E-state index in [0.29, 0.717) is 0 Å². The summed E-state index contributed by atoms with van der Waals surface area (Å²) >= 11 is 0. The Balaban J connectivity index is 1.85. The molecule has 3 nitrogen and oxygen atoms in total. The predicted octanol–water partition coefficient (Wildman–Crippen LogP) is 3.30. The van der Waals surface area contributed by atoms with Gasteiger partial charge in [0.15, 0.2) is 0 Å². The minimum atomic E-state index is 0.170. The van der Waals surface area contributed by atoms with Crippen LogP contribution in [0.25, 0.3) is 0 Å². The van der Waals surface area contributed by atoms with E-state index >= 15 is 0 Å². The van der Waals surface area contributed by atoms with E-state index in [0.717, 1.165) is 12.4 Å². The Morgan fingerprint density at radius 2 is 1.52 bits per heavy atom. The van der Waals surface area contributed by atoms with E-state index in [1.807, 2.05) is 36.1 Å². The maximum Gasteiger partial charge on any atom is 0.122 e. The SMILES string of the molecule is Cn1ccnc1CNC(c1ccccc1)c1ccccc1. The summed E-state index contributed by atoms with van der Waals surface area (Å²) in [5.74, 6) is 1.03. The number of hydrogen-bond acceptors (Lipinski definition) is 2. The zero-order valence-corrected chi connectivity index (χ0v) is 12.1. The van der Waals surface area contributed by atoms with Crippen molar-refractivity contribution in [2.24, 2.45) is 7.05 Å². The van der Waals surface area contributed by atoms with Crippen molar-refractivity contribution in [1.82, 2.24) is 14.9 Å². The topological polar surface area (TPSA) is 29.9 Å². The highest BCUT2D eigenvalue weighted by Crippen LogP contribution is 2.22. The Kier molecular flexibility index (Phi) is 4.12. The molecule has 1 aromatic heterocycles. The van der Waals surface area contributed by atoms with Crippen molar-refractivity contribution in [1.29, 1.82) is 0 Å². The summed E-state index contributed by atoms with van der Waals surface area (Å²) in [6.07, 6.45) is 3.80. The minimum Gasteiger partial charge on any atom is -0.337 e. The second kappa shape index (κ2) is 6.37. The molecule has 0 fully saturated rings. The first-order chi connectivity index (χ1) is 10.3. The van der Waals surface area contributed by atoms with E-state index in [-0.39, 0.29) is 6.04 Å². The second-order valence-corrected chi connectivity index (χ2v) is 5.09. The molecule has 0 bridgehead atoms. The zero-order chi connectivity index (χ0) is 14.5. The van der Waals surface area contributed by atoms with Gasteiger partial charge in [-0.3, -0.25) is 5.32 Å². The Bertz CT molecular complexity index is 634. The van der Waals surface area contributed by atoms with E-state index < -0.39 is 0 Å². The van der Waals surface area contributed by atoms with Crippen LogP contribution in [0, 0.1) is 0 Å². The Hall–Kier alpha value is -2.39. The van der Waals surface area contributed by atoms with Crippen LogP contribution in [0.4, 0.5) is 0 Å². The van der Waals surface area contributed by atoms with Crippen LogP contribution in [0.1, 0.15) is 23.0 Å². The lowest BCUT2D eigenvalue weighted by Gasteiger charge is -2.19. The first kappa shape index (κ1) is 13.6. The molecule has 1 N–H and O–H groups in total. The van der Waals surface area contributed by atoms with Crippen molar-refractivity contribution >= 4 is 0 Å². The molecule has 0 aliphatic rings. The smallest absolute Gasteiger partial charge is 0.122 e. The molecule has 2 aromatic carbocycles. The predicted molar refractivity (Wildman–Crippen MR) is 84.8 cm³/mol. The van der Waals surface area contributed by atoms with Gasteiger partial charge in [-0.05, 0) is 11.1 Å². The second-order valence-electron chi connectivity index (χ2n) is 5.09. The molecule has 0 aliphatic carbocycles. The number of nitrogens with zero attached hydrogens (tertiary/aromatic N) is 2. The summed E-state index contributed by atoms with van der Waals surface area (Å²) in [6.45, 7) is 0.734. The molecule has 3 rings (SSSR count). The molecule has 3 aromatic rings. The fourth-order valence-electron chi connectivity index (χ4n) is 2.48. The average molecular weight is 277 g/mol. The highest BCUT2D eigenvalue weighted by Gasteiger charge is 2.13. The molecule has 0 atom stereocenters. The molecule has 0 amide bonds. The van der Waals surface area contributed by atoms with Gasteiger partial charge in [0.2, 0.25) is 0 Å². The molecule has 0 aliphatic heterocycles. The van der Waals surface area contributed by atoms with Crippen LogP contribution in [-0.2, 0) is 13.6 Å². The van der Waals surface area contributed by atoms with Crippen LogP contribution in [-0.4, -0.2) is 9.55 Å². The number of nitrogens with one attached hydrogen (secondary N) is 1. The lowest BCUT2D eigenvalue weighted by Crippen LogP contribution is -2.23. The maximum absolute atomic E-state index is 4.38. The molecule has 0 spiro atoms. The van der Waals surface area contributed by atoms with Gasteiger partial charge in [-0.15, -0.1) is 0 Å². The summed E-state index contributed by atoms with van der Waals surface area (Å²) < 4.78 is 2.04. The summed E-state index contributed by atoms with van der Waals surface area (Å²) in [6, 6.07) is 21.2. The highest BCUT2D eigenvalue weighted by atomic mass is 15.1. The van der Waals surface area contributed by atoms with Gasteiger partial charge in [0.25, 0.3) is 0 Å². The lowest BCUT2D eigenvalue weighted by molar-refractivity contribution is 0.574. The first-order valence-corrected chi connectivity index (χ1v) is 7.14. The molecular formula is C18H19N3. The Morgan fingerprint density at radius 3 is 2.00 bits per heavy atom. The molecule has 1 heterocycles. The molecular weight excluding hydrogens is 258 g/mol. The van der Waals surface area contributed by atoms with Gasteiger partial charge >= 0.3 is 0 Å². The summed E-state index contributed by atoms with van der Waals surface area (Å²) in [7, 11) is 2.02. The monoisotopic (exact) mass is 277 g/mol. The van der Waals surface area contributed by atoms with Gasteiger partial charge in [0.05, 0.1) is 12.6 Å². The minimum absolute atomic E-state index is 0.170. The van der Waals surface area contributed by atoms with Gasteiger partial charge in [-0.1, -0.05) is 60.7 Å². The highest BCUT2D eigenvalue weighted by molar-refractivity contribution is 5.31. The Labute approximate surface area is 125 Å². The van der Waals surface area contributed by atoms with E-state index in [4.69, 9.17) is 0 Å².